The Bertz CT molecular complexity index is 419. The van der Waals surface area contributed by atoms with Gasteiger partial charge in [-0.15, -0.1) is 0 Å². The molecule has 0 radical (unpaired) electrons. The van der Waals surface area contributed by atoms with Crippen molar-refractivity contribution in [3.63, 3.8) is 0 Å². The minimum absolute atomic E-state index is 0.0156. The van der Waals surface area contributed by atoms with Crippen molar-refractivity contribution in [2.75, 3.05) is 18.0 Å². The smallest absolute Gasteiger partial charge is 0.141 e. The van der Waals surface area contributed by atoms with Crippen molar-refractivity contribution < 1.29 is 5.11 Å². The van der Waals surface area contributed by atoms with Gasteiger partial charge in [-0.05, 0) is 25.5 Å². The lowest BCUT2D eigenvalue weighted by molar-refractivity contribution is 0.136. The minimum Gasteiger partial charge on any atom is -0.393 e. The van der Waals surface area contributed by atoms with Crippen LogP contribution in [0.15, 0.2) is 18.2 Å². The molecule has 5 heteroatoms. The van der Waals surface area contributed by atoms with Gasteiger partial charge < -0.3 is 15.7 Å². The molecule has 4 N–H and O–H groups in total. The maximum atomic E-state index is 9.56. The number of amidine groups is 1. The second kappa shape index (κ2) is 4.71. The van der Waals surface area contributed by atoms with E-state index in [-0.39, 0.29) is 11.9 Å². The van der Waals surface area contributed by atoms with Gasteiger partial charge in [0.25, 0.3) is 0 Å². The molecule has 0 bridgehead atoms. The van der Waals surface area contributed by atoms with Gasteiger partial charge in [0.05, 0.1) is 6.10 Å². The van der Waals surface area contributed by atoms with Crippen LogP contribution in [-0.4, -0.2) is 35.1 Å². The predicted octanol–water partition coefficient (Wildman–Crippen LogP) is 0.573. The lowest BCUT2D eigenvalue weighted by Crippen LogP contribution is -2.25. The van der Waals surface area contributed by atoms with Crippen LogP contribution in [0, 0.1) is 11.3 Å². The summed E-state index contributed by atoms with van der Waals surface area (Å²) in [6, 6.07) is 5.50. The molecule has 1 fully saturated rings. The molecule has 2 unspecified atom stereocenters. The number of hydrogen-bond acceptors (Lipinski definition) is 4. The summed E-state index contributed by atoms with van der Waals surface area (Å²) in [5, 5.41) is 16.9. The summed E-state index contributed by atoms with van der Waals surface area (Å²) in [5.74, 6) is 1.12. The third kappa shape index (κ3) is 2.55. The third-order valence-electron chi connectivity index (χ3n) is 3.24. The number of nitrogens with one attached hydrogen (secondary N) is 1. The fourth-order valence-corrected chi connectivity index (χ4v) is 2.14. The molecule has 0 spiro atoms. The van der Waals surface area contributed by atoms with Gasteiger partial charge in [-0.3, -0.25) is 5.41 Å². The lowest BCUT2D eigenvalue weighted by atomic mass is 10.0. The second-order valence-corrected chi connectivity index (χ2v) is 4.53. The van der Waals surface area contributed by atoms with Gasteiger partial charge in [0.1, 0.15) is 17.3 Å². The molecular formula is C12H18N4O. The Morgan fingerprint density at radius 2 is 2.41 bits per heavy atom. The van der Waals surface area contributed by atoms with E-state index in [0.717, 1.165) is 25.3 Å². The SMILES string of the molecule is CC(O)C1CCN(c2cccc(C(=N)N)n2)C1. The Balaban J connectivity index is 2.13. The number of nitrogen functional groups attached to an aromatic ring is 1. The average molecular weight is 234 g/mol. The number of hydrogen-bond donors (Lipinski definition) is 3. The van der Waals surface area contributed by atoms with Gasteiger partial charge in [-0.2, -0.15) is 0 Å². The maximum absolute atomic E-state index is 9.56. The van der Waals surface area contributed by atoms with Crippen molar-refractivity contribution >= 4 is 11.7 Å². The number of aromatic nitrogens is 1. The number of pyridine rings is 1. The van der Waals surface area contributed by atoms with E-state index in [2.05, 4.69) is 9.88 Å². The number of rotatable bonds is 3. The zero-order chi connectivity index (χ0) is 12.4. The highest BCUT2D eigenvalue weighted by Gasteiger charge is 2.26. The summed E-state index contributed by atoms with van der Waals surface area (Å²) in [5.41, 5.74) is 5.92. The number of nitrogens with two attached hydrogens (primary N) is 1. The van der Waals surface area contributed by atoms with E-state index >= 15 is 0 Å². The summed E-state index contributed by atoms with van der Waals surface area (Å²) < 4.78 is 0. The highest BCUT2D eigenvalue weighted by Crippen LogP contribution is 2.24. The fourth-order valence-electron chi connectivity index (χ4n) is 2.14. The van der Waals surface area contributed by atoms with E-state index < -0.39 is 0 Å². The molecule has 1 saturated heterocycles. The monoisotopic (exact) mass is 234 g/mol. The summed E-state index contributed by atoms with van der Waals surface area (Å²) in [6.45, 7) is 3.53. The second-order valence-electron chi connectivity index (χ2n) is 4.53. The van der Waals surface area contributed by atoms with Crippen molar-refractivity contribution in [1.82, 2.24) is 4.98 Å². The van der Waals surface area contributed by atoms with E-state index in [4.69, 9.17) is 11.1 Å². The van der Waals surface area contributed by atoms with Gasteiger partial charge in [-0.1, -0.05) is 6.07 Å². The summed E-state index contributed by atoms with van der Waals surface area (Å²) in [7, 11) is 0. The molecule has 2 heterocycles. The van der Waals surface area contributed by atoms with Crippen molar-refractivity contribution in [1.29, 1.82) is 5.41 Å². The minimum atomic E-state index is -0.281. The molecule has 17 heavy (non-hydrogen) atoms. The van der Waals surface area contributed by atoms with Gasteiger partial charge in [0, 0.05) is 19.0 Å². The van der Waals surface area contributed by atoms with Crippen molar-refractivity contribution in [2.45, 2.75) is 19.4 Å². The van der Waals surface area contributed by atoms with Crippen molar-refractivity contribution in [2.24, 2.45) is 11.7 Å². The van der Waals surface area contributed by atoms with E-state index in [1.807, 2.05) is 19.1 Å². The molecule has 2 atom stereocenters. The highest BCUT2D eigenvalue weighted by atomic mass is 16.3. The Morgan fingerprint density at radius 1 is 1.65 bits per heavy atom. The van der Waals surface area contributed by atoms with Crippen LogP contribution in [0.3, 0.4) is 0 Å². The van der Waals surface area contributed by atoms with Crippen LogP contribution in [-0.2, 0) is 0 Å². The molecule has 0 amide bonds. The van der Waals surface area contributed by atoms with Crippen molar-refractivity contribution in [3.8, 4) is 0 Å². The Labute approximate surface area is 101 Å². The number of nitrogens with zero attached hydrogens (tertiary/aromatic N) is 2. The molecular weight excluding hydrogens is 216 g/mol. The molecule has 92 valence electrons. The van der Waals surface area contributed by atoms with Crippen LogP contribution in [0.2, 0.25) is 0 Å². The zero-order valence-corrected chi connectivity index (χ0v) is 9.93. The molecule has 1 aromatic heterocycles. The normalized spacial score (nSPS) is 21.5. The Morgan fingerprint density at radius 3 is 3.00 bits per heavy atom. The quantitative estimate of drug-likeness (QED) is 0.527. The van der Waals surface area contributed by atoms with Crippen LogP contribution in [0.5, 0.6) is 0 Å². The van der Waals surface area contributed by atoms with E-state index in [0.29, 0.717) is 11.6 Å². The molecule has 5 nitrogen and oxygen atoms in total. The molecule has 1 aromatic rings. The van der Waals surface area contributed by atoms with Crippen LogP contribution >= 0.6 is 0 Å². The third-order valence-corrected chi connectivity index (χ3v) is 3.24. The number of aliphatic hydroxyl groups is 1. The van der Waals surface area contributed by atoms with Crippen molar-refractivity contribution in [3.05, 3.63) is 23.9 Å². The van der Waals surface area contributed by atoms with Crippen LogP contribution in [0.25, 0.3) is 0 Å². The van der Waals surface area contributed by atoms with E-state index in [1.165, 1.54) is 0 Å². The van der Waals surface area contributed by atoms with Crippen LogP contribution in [0.1, 0.15) is 19.0 Å². The summed E-state index contributed by atoms with van der Waals surface area (Å²) in [4.78, 5) is 6.47. The lowest BCUT2D eigenvalue weighted by Gasteiger charge is -2.19. The van der Waals surface area contributed by atoms with Crippen LogP contribution < -0.4 is 10.6 Å². The fraction of sp³-hybridized carbons (Fsp3) is 0.500. The zero-order valence-electron chi connectivity index (χ0n) is 9.93. The predicted molar refractivity (Wildman–Crippen MR) is 67.3 cm³/mol. The van der Waals surface area contributed by atoms with E-state index in [9.17, 15) is 5.11 Å². The highest BCUT2D eigenvalue weighted by molar-refractivity contribution is 5.93. The van der Waals surface area contributed by atoms with E-state index in [1.54, 1.807) is 6.07 Å². The molecule has 1 aliphatic rings. The molecule has 0 aliphatic carbocycles. The average Bonchev–Trinajstić information content (AvgIpc) is 2.78. The van der Waals surface area contributed by atoms with Gasteiger partial charge >= 0.3 is 0 Å². The Kier molecular flexibility index (Phi) is 3.28. The first-order chi connectivity index (χ1) is 8.08. The van der Waals surface area contributed by atoms with Gasteiger partial charge in [0.15, 0.2) is 0 Å². The largest absolute Gasteiger partial charge is 0.393 e. The first-order valence-corrected chi connectivity index (χ1v) is 5.82. The maximum Gasteiger partial charge on any atom is 0.141 e. The number of anilines is 1. The molecule has 0 aromatic carbocycles. The molecule has 2 rings (SSSR count). The topological polar surface area (TPSA) is 86.2 Å². The standard InChI is InChI=1S/C12H18N4O/c1-8(17)9-5-6-16(7-9)11-4-2-3-10(15-11)12(13)14/h2-4,8-9,17H,5-7H2,1H3,(H3,13,14). The van der Waals surface area contributed by atoms with Gasteiger partial charge in [0.2, 0.25) is 0 Å². The first-order valence-electron chi connectivity index (χ1n) is 5.82. The first kappa shape index (κ1) is 11.9. The van der Waals surface area contributed by atoms with Gasteiger partial charge in [-0.25, -0.2) is 4.98 Å². The molecule has 1 aliphatic heterocycles. The Hall–Kier alpha value is -1.62. The summed E-state index contributed by atoms with van der Waals surface area (Å²) >= 11 is 0. The molecule has 0 saturated carbocycles. The summed E-state index contributed by atoms with van der Waals surface area (Å²) in [6.07, 6.45) is 0.694. The number of aliphatic hydroxyl groups excluding tert-OH is 1. The van der Waals surface area contributed by atoms with Crippen LogP contribution in [0.4, 0.5) is 5.82 Å².